The minimum Gasteiger partial charge on any atom is -0.465 e. The molecule has 3 atom stereocenters. The fourth-order valence-corrected chi connectivity index (χ4v) is 3.04. The van der Waals surface area contributed by atoms with Gasteiger partial charge in [-0.1, -0.05) is 20.3 Å². The Morgan fingerprint density at radius 1 is 1.33 bits per heavy atom. The average Bonchev–Trinajstić information content (AvgIpc) is 2.77. The van der Waals surface area contributed by atoms with Crippen LogP contribution in [0, 0.1) is 23.7 Å². The number of hydrogen-bond acceptors (Lipinski definition) is 2. The molecule has 2 aliphatic carbocycles. The van der Waals surface area contributed by atoms with Gasteiger partial charge in [0.15, 0.2) is 0 Å². The van der Waals surface area contributed by atoms with Crippen molar-refractivity contribution in [3.05, 3.63) is 0 Å². The zero-order valence-electron chi connectivity index (χ0n) is 9.87. The number of ether oxygens (including phenoxy) is 1. The summed E-state index contributed by atoms with van der Waals surface area (Å²) in [5.74, 6) is 2.44. The SMILES string of the molecule is CC(C)CCOC(=O)C1CC2CCC1C2. The van der Waals surface area contributed by atoms with Crippen LogP contribution in [0.2, 0.25) is 0 Å². The average molecular weight is 210 g/mol. The van der Waals surface area contributed by atoms with Crippen LogP contribution < -0.4 is 0 Å². The lowest BCUT2D eigenvalue weighted by molar-refractivity contribution is -0.150. The maximum atomic E-state index is 11.8. The molecule has 2 heteroatoms. The third kappa shape index (κ3) is 2.53. The summed E-state index contributed by atoms with van der Waals surface area (Å²) >= 11 is 0. The summed E-state index contributed by atoms with van der Waals surface area (Å²) in [5, 5.41) is 0. The highest BCUT2D eigenvalue weighted by atomic mass is 16.5. The lowest BCUT2D eigenvalue weighted by atomic mass is 9.89. The van der Waals surface area contributed by atoms with Crippen molar-refractivity contribution in [2.24, 2.45) is 23.7 Å². The molecule has 0 heterocycles. The summed E-state index contributed by atoms with van der Waals surface area (Å²) in [7, 11) is 0. The molecule has 0 aliphatic heterocycles. The van der Waals surface area contributed by atoms with E-state index in [1.807, 2.05) is 0 Å². The molecule has 0 aromatic heterocycles. The molecule has 15 heavy (non-hydrogen) atoms. The molecule has 0 N–H and O–H groups in total. The fraction of sp³-hybridized carbons (Fsp3) is 0.923. The predicted molar refractivity (Wildman–Crippen MR) is 59.4 cm³/mol. The Hall–Kier alpha value is -0.530. The van der Waals surface area contributed by atoms with E-state index in [1.165, 1.54) is 19.3 Å². The number of carbonyl (C=O) groups excluding carboxylic acids is 1. The van der Waals surface area contributed by atoms with E-state index in [1.54, 1.807) is 0 Å². The summed E-state index contributed by atoms with van der Waals surface area (Å²) in [5.41, 5.74) is 0. The summed E-state index contributed by atoms with van der Waals surface area (Å²) in [6.07, 6.45) is 5.98. The van der Waals surface area contributed by atoms with Crippen molar-refractivity contribution >= 4 is 5.97 Å². The zero-order chi connectivity index (χ0) is 10.8. The van der Waals surface area contributed by atoms with Crippen LogP contribution in [0.5, 0.6) is 0 Å². The molecule has 3 unspecified atom stereocenters. The van der Waals surface area contributed by atoms with E-state index in [2.05, 4.69) is 13.8 Å². The molecule has 2 fully saturated rings. The molecule has 2 rings (SSSR count). The topological polar surface area (TPSA) is 26.3 Å². The molecule has 0 aromatic carbocycles. The van der Waals surface area contributed by atoms with E-state index < -0.39 is 0 Å². The number of fused-ring (bicyclic) bond motifs is 2. The lowest BCUT2D eigenvalue weighted by Crippen LogP contribution is -2.23. The monoisotopic (exact) mass is 210 g/mol. The van der Waals surface area contributed by atoms with Gasteiger partial charge in [-0.15, -0.1) is 0 Å². The van der Waals surface area contributed by atoms with Crippen molar-refractivity contribution in [1.29, 1.82) is 0 Å². The van der Waals surface area contributed by atoms with Crippen molar-refractivity contribution in [1.82, 2.24) is 0 Å². The number of hydrogen-bond donors (Lipinski definition) is 0. The standard InChI is InChI=1S/C13H22O2/c1-9(2)5-6-15-13(14)12-8-10-3-4-11(12)7-10/h9-12H,3-8H2,1-2H3. The van der Waals surface area contributed by atoms with Gasteiger partial charge >= 0.3 is 5.97 Å². The van der Waals surface area contributed by atoms with Gasteiger partial charge in [0, 0.05) is 0 Å². The van der Waals surface area contributed by atoms with Gasteiger partial charge in [-0.3, -0.25) is 4.79 Å². The minimum absolute atomic E-state index is 0.0860. The molecule has 0 spiro atoms. The predicted octanol–water partition coefficient (Wildman–Crippen LogP) is 3.01. The summed E-state index contributed by atoms with van der Waals surface area (Å²) < 4.78 is 5.35. The zero-order valence-corrected chi connectivity index (χ0v) is 9.87. The Kier molecular flexibility index (Phi) is 3.32. The third-order valence-electron chi connectivity index (χ3n) is 3.98. The highest BCUT2D eigenvalue weighted by molar-refractivity contribution is 5.73. The number of carbonyl (C=O) groups is 1. The van der Waals surface area contributed by atoms with E-state index in [-0.39, 0.29) is 11.9 Å². The fourth-order valence-electron chi connectivity index (χ4n) is 3.04. The minimum atomic E-state index is 0.0860. The maximum Gasteiger partial charge on any atom is 0.309 e. The van der Waals surface area contributed by atoms with E-state index >= 15 is 0 Å². The van der Waals surface area contributed by atoms with Gasteiger partial charge in [0.1, 0.15) is 0 Å². The smallest absolute Gasteiger partial charge is 0.309 e. The van der Waals surface area contributed by atoms with Crippen molar-refractivity contribution in [3.63, 3.8) is 0 Å². The summed E-state index contributed by atoms with van der Waals surface area (Å²) in [6.45, 7) is 4.93. The Morgan fingerprint density at radius 3 is 2.67 bits per heavy atom. The van der Waals surface area contributed by atoms with Gasteiger partial charge in [0.25, 0.3) is 0 Å². The number of rotatable bonds is 4. The van der Waals surface area contributed by atoms with Crippen LogP contribution >= 0.6 is 0 Å². The highest BCUT2D eigenvalue weighted by Crippen LogP contribution is 2.48. The van der Waals surface area contributed by atoms with Gasteiger partial charge < -0.3 is 4.74 Å². The lowest BCUT2D eigenvalue weighted by Gasteiger charge is -2.20. The second-order valence-corrected chi connectivity index (χ2v) is 5.63. The normalized spacial score (nSPS) is 33.7. The van der Waals surface area contributed by atoms with Crippen LogP contribution in [0.15, 0.2) is 0 Å². The molecular formula is C13H22O2. The number of esters is 1. The van der Waals surface area contributed by atoms with Crippen LogP contribution in [0.4, 0.5) is 0 Å². The van der Waals surface area contributed by atoms with E-state index in [0.717, 1.165) is 18.8 Å². The van der Waals surface area contributed by atoms with E-state index in [4.69, 9.17) is 4.74 Å². The first-order chi connectivity index (χ1) is 7.16. The largest absolute Gasteiger partial charge is 0.465 e. The molecule has 2 nitrogen and oxygen atoms in total. The quantitative estimate of drug-likeness (QED) is 0.667. The Labute approximate surface area is 92.4 Å². The Balaban J connectivity index is 1.72. The summed E-state index contributed by atoms with van der Waals surface area (Å²) in [6, 6.07) is 0. The second-order valence-electron chi connectivity index (χ2n) is 5.63. The van der Waals surface area contributed by atoms with Gasteiger partial charge in [-0.05, 0) is 43.4 Å². The molecular weight excluding hydrogens is 188 g/mol. The molecule has 2 bridgehead atoms. The first kappa shape index (κ1) is 11.0. The summed E-state index contributed by atoms with van der Waals surface area (Å²) in [4.78, 5) is 11.8. The molecule has 0 saturated heterocycles. The van der Waals surface area contributed by atoms with Crippen LogP contribution in [-0.4, -0.2) is 12.6 Å². The van der Waals surface area contributed by atoms with Crippen molar-refractivity contribution in [2.75, 3.05) is 6.61 Å². The molecule has 0 radical (unpaired) electrons. The van der Waals surface area contributed by atoms with Crippen molar-refractivity contribution < 1.29 is 9.53 Å². The van der Waals surface area contributed by atoms with Gasteiger partial charge in [0.2, 0.25) is 0 Å². The Bertz CT molecular complexity index is 235. The first-order valence-electron chi connectivity index (χ1n) is 6.33. The Morgan fingerprint density at radius 2 is 2.13 bits per heavy atom. The van der Waals surface area contributed by atoms with Gasteiger partial charge in [-0.2, -0.15) is 0 Å². The maximum absolute atomic E-state index is 11.8. The van der Waals surface area contributed by atoms with Crippen LogP contribution in [-0.2, 0) is 9.53 Å². The van der Waals surface area contributed by atoms with Crippen LogP contribution in [0.25, 0.3) is 0 Å². The first-order valence-corrected chi connectivity index (χ1v) is 6.33. The molecule has 2 aliphatic rings. The van der Waals surface area contributed by atoms with E-state index in [0.29, 0.717) is 18.4 Å². The molecule has 86 valence electrons. The second kappa shape index (κ2) is 4.54. The van der Waals surface area contributed by atoms with Crippen molar-refractivity contribution in [2.45, 2.75) is 46.0 Å². The van der Waals surface area contributed by atoms with Gasteiger partial charge in [0.05, 0.1) is 12.5 Å². The molecule has 2 saturated carbocycles. The van der Waals surface area contributed by atoms with Gasteiger partial charge in [-0.25, -0.2) is 0 Å². The highest BCUT2D eigenvalue weighted by Gasteiger charge is 2.43. The van der Waals surface area contributed by atoms with E-state index in [9.17, 15) is 4.79 Å². The molecule has 0 aromatic rings. The van der Waals surface area contributed by atoms with Crippen molar-refractivity contribution in [3.8, 4) is 0 Å². The van der Waals surface area contributed by atoms with Crippen LogP contribution in [0.1, 0.15) is 46.0 Å². The third-order valence-corrected chi connectivity index (χ3v) is 3.98. The molecule has 0 amide bonds. The van der Waals surface area contributed by atoms with Crippen LogP contribution in [0.3, 0.4) is 0 Å².